The van der Waals surface area contributed by atoms with Gasteiger partial charge in [0.25, 0.3) is 5.91 Å². The molecule has 1 aliphatic rings. The predicted molar refractivity (Wildman–Crippen MR) is 58.4 cm³/mol. The molecule has 1 aromatic rings. The van der Waals surface area contributed by atoms with Gasteiger partial charge in [-0.1, -0.05) is 12.1 Å². The van der Waals surface area contributed by atoms with Crippen LogP contribution in [0.4, 0.5) is 4.39 Å². The van der Waals surface area contributed by atoms with E-state index < -0.39 is 6.17 Å². The van der Waals surface area contributed by atoms with Gasteiger partial charge in [-0.2, -0.15) is 0 Å². The van der Waals surface area contributed by atoms with Crippen LogP contribution in [0.5, 0.6) is 5.75 Å². The number of benzene rings is 1. The minimum absolute atomic E-state index is 0.0348. The summed E-state index contributed by atoms with van der Waals surface area (Å²) in [5.74, 6) is 0.338. The Labute approximate surface area is 93.6 Å². The molecule has 0 bridgehead atoms. The molecule has 1 aliphatic carbocycles. The molecule has 0 atom stereocenters. The Morgan fingerprint density at radius 1 is 1.44 bits per heavy atom. The van der Waals surface area contributed by atoms with Gasteiger partial charge in [0.15, 0.2) is 0 Å². The van der Waals surface area contributed by atoms with Crippen molar-refractivity contribution in [2.75, 3.05) is 7.11 Å². The molecule has 0 unspecified atom stereocenters. The number of para-hydroxylation sites is 1. The van der Waals surface area contributed by atoms with Crippen LogP contribution in [-0.4, -0.2) is 25.2 Å². The summed E-state index contributed by atoms with van der Waals surface area (Å²) >= 11 is 0. The Kier molecular flexibility index (Phi) is 3.08. The van der Waals surface area contributed by atoms with Gasteiger partial charge in [0.05, 0.1) is 12.7 Å². The van der Waals surface area contributed by atoms with Gasteiger partial charge in [0.2, 0.25) is 0 Å². The molecule has 1 N–H and O–H groups in total. The van der Waals surface area contributed by atoms with Gasteiger partial charge in [-0.05, 0) is 25.0 Å². The van der Waals surface area contributed by atoms with Gasteiger partial charge >= 0.3 is 0 Å². The van der Waals surface area contributed by atoms with Crippen molar-refractivity contribution >= 4 is 5.91 Å². The zero-order chi connectivity index (χ0) is 11.5. The van der Waals surface area contributed by atoms with Crippen molar-refractivity contribution in [2.45, 2.75) is 25.1 Å². The van der Waals surface area contributed by atoms with E-state index in [2.05, 4.69) is 5.32 Å². The SMILES string of the molecule is COc1ccccc1C(=O)N[C@H]1C[C@@H](F)C1. The second-order valence-corrected chi connectivity index (χ2v) is 3.94. The van der Waals surface area contributed by atoms with Crippen molar-refractivity contribution in [3.63, 3.8) is 0 Å². The smallest absolute Gasteiger partial charge is 0.255 e. The van der Waals surface area contributed by atoms with Crippen molar-refractivity contribution < 1.29 is 13.9 Å². The molecule has 0 radical (unpaired) electrons. The molecule has 3 nitrogen and oxygen atoms in total. The van der Waals surface area contributed by atoms with E-state index in [0.717, 1.165) is 0 Å². The third kappa shape index (κ3) is 2.15. The number of methoxy groups -OCH3 is 1. The Bertz CT molecular complexity index is 388. The molecule has 0 spiro atoms. The van der Waals surface area contributed by atoms with Crippen LogP contribution in [0.25, 0.3) is 0 Å². The molecule has 0 aromatic heterocycles. The fourth-order valence-corrected chi connectivity index (χ4v) is 1.76. The Balaban J connectivity index is 2.03. The zero-order valence-corrected chi connectivity index (χ0v) is 9.07. The molecule has 2 rings (SSSR count). The maximum absolute atomic E-state index is 12.6. The van der Waals surface area contributed by atoms with Crippen molar-refractivity contribution in [3.8, 4) is 5.75 Å². The average molecular weight is 223 g/mol. The van der Waals surface area contributed by atoms with E-state index in [1.54, 1.807) is 24.3 Å². The third-order valence-corrected chi connectivity index (χ3v) is 2.77. The molecule has 1 saturated carbocycles. The van der Waals surface area contributed by atoms with Gasteiger partial charge in [-0.3, -0.25) is 4.79 Å². The molecule has 1 aromatic carbocycles. The number of alkyl halides is 1. The van der Waals surface area contributed by atoms with E-state index in [4.69, 9.17) is 4.74 Å². The second-order valence-electron chi connectivity index (χ2n) is 3.94. The van der Waals surface area contributed by atoms with Gasteiger partial charge in [0.1, 0.15) is 11.9 Å². The molecule has 0 saturated heterocycles. The number of hydrogen-bond donors (Lipinski definition) is 1. The van der Waals surface area contributed by atoms with Gasteiger partial charge in [-0.25, -0.2) is 4.39 Å². The fraction of sp³-hybridized carbons (Fsp3) is 0.417. The summed E-state index contributed by atoms with van der Waals surface area (Å²) in [7, 11) is 1.52. The molecular weight excluding hydrogens is 209 g/mol. The molecule has 86 valence electrons. The number of halogens is 1. The highest BCUT2D eigenvalue weighted by molar-refractivity contribution is 5.97. The first kappa shape index (κ1) is 10.9. The minimum atomic E-state index is -0.761. The Hall–Kier alpha value is -1.58. The maximum Gasteiger partial charge on any atom is 0.255 e. The Morgan fingerprint density at radius 3 is 2.75 bits per heavy atom. The number of carbonyl (C=O) groups is 1. The summed E-state index contributed by atoms with van der Waals surface area (Å²) in [6.45, 7) is 0. The summed E-state index contributed by atoms with van der Waals surface area (Å²) in [5, 5.41) is 2.78. The standard InChI is InChI=1S/C12H14FNO2/c1-16-11-5-3-2-4-10(11)12(15)14-9-6-8(13)7-9/h2-5,8-9H,6-7H2,1H3,(H,14,15)/t8-,9+. The summed E-state index contributed by atoms with van der Waals surface area (Å²) in [6, 6.07) is 6.97. The maximum atomic E-state index is 12.6. The number of ether oxygens (including phenoxy) is 1. The Morgan fingerprint density at radius 2 is 2.12 bits per heavy atom. The van der Waals surface area contributed by atoms with Crippen molar-refractivity contribution in [1.82, 2.24) is 5.32 Å². The number of carbonyl (C=O) groups excluding carboxylic acids is 1. The van der Waals surface area contributed by atoms with Crippen molar-refractivity contribution in [1.29, 1.82) is 0 Å². The van der Waals surface area contributed by atoms with E-state index in [-0.39, 0.29) is 11.9 Å². The number of hydrogen-bond acceptors (Lipinski definition) is 2. The summed E-state index contributed by atoms with van der Waals surface area (Å²) in [4.78, 5) is 11.8. The quantitative estimate of drug-likeness (QED) is 0.850. The lowest BCUT2D eigenvalue weighted by atomic mass is 9.90. The first-order valence-electron chi connectivity index (χ1n) is 5.28. The lowest BCUT2D eigenvalue weighted by molar-refractivity contribution is 0.0857. The monoisotopic (exact) mass is 223 g/mol. The normalized spacial score (nSPS) is 23.4. The molecular formula is C12H14FNO2. The van der Waals surface area contributed by atoms with E-state index in [0.29, 0.717) is 24.2 Å². The van der Waals surface area contributed by atoms with Crippen LogP contribution in [0.2, 0.25) is 0 Å². The zero-order valence-electron chi connectivity index (χ0n) is 9.07. The molecule has 0 heterocycles. The van der Waals surface area contributed by atoms with E-state index in [9.17, 15) is 9.18 Å². The van der Waals surface area contributed by atoms with Crippen LogP contribution in [0.1, 0.15) is 23.2 Å². The van der Waals surface area contributed by atoms with Gasteiger partial charge in [-0.15, -0.1) is 0 Å². The highest BCUT2D eigenvalue weighted by Gasteiger charge is 2.30. The fourth-order valence-electron chi connectivity index (χ4n) is 1.76. The van der Waals surface area contributed by atoms with Gasteiger partial charge in [0, 0.05) is 6.04 Å². The van der Waals surface area contributed by atoms with Crippen LogP contribution in [0.3, 0.4) is 0 Å². The minimum Gasteiger partial charge on any atom is -0.496 e. The van der Waals surface area contributed by atoms with Crippen LogP contribution in [0, 0.1) is 0 Å². The number of amides is 1. The predicted octanol–water partition coefficient (Wildman–Crippen LogP) is 1.93. The highest BCUT2D eigenvalue weighted by atomic mass is 19.1. The number of nitrogens with one attached hydrogen (secondary N) is 1. The van der Waals surface area contributed by atoms with E-state index in [1.807, 2.05) is 0 Å². The first-order valence-corrected chi connectivity index (χ1v) is 5.28. The topological polar surface area (TPSA) is 38.3 Å². The first-order chi connectivity index (χ1) is 7.70. The van der Waals surface area contributed by atoms with Crippen LogP contribution >= 0.6 is 0 Å². The third-order valence-electron chi connectivity index (χ3n) is 2.77. The lowest BCUT2D eigenvalue weighted by Crippen LogP contribution is -2.45. The van der Waals surface area contributed by atoms with E-state index in [1.165, 1.54) is 7.11 Å². The van der Waals surface area contributed by atoms with E-state index >= 15 is 0 Å². The van der Waals surface area contributed by atoms with Crippen LogP contribution < -0.4 is 10.1 Å². The molecule has 4 heteroatoms. The molecule has 0 aliphatic heterocycles. The number of rotatable bonds is 3. The summed E-state index contributed by atoms with van der Waals surface area (Å²) in [5.41, 5.74) is 0.493. The van der Waals surface area contributed by atoms with Crippen molar-refractivity contribution in [3.05, 3.63) is 29.8 Å². The summed E-state index contributed by atoms with van der Waals surface area (Å²) < 4.78 is 17.7. The lowest BCUT2D eigenvalue weighted by Gasteiger charge is -2.30. The second kappa shape index (κ2) is 4.51. The molecule has 1 fully saturated rings. The summed E-state index contributed by atoms with van der Waals surface area (Å²) in [6.07, 6.45) is 0.0740. The van der Waals surface area contributed by atoms with Crippen LogP contribution in [-0.2, 0) is 0 Å². The highest BCUT2D eigenvalue weighted by Crippen LogP contribution is 2.24. The van der Waals surface area contributed by atoms with Crippen molar-refractivity contribution in [2.24, 2.45) is 0 Å². The van der Waals surface area contributed by atoms with Crippen LogP contribution in [0.15, 0.2) is 24.3 Å². The van der Waals surface area contributed by atoms with Gasteiger partial charge < -0.3 is 10.1 Å². The molecule has 16 heavy (non-hydrogen) atoms. The largest absolute Gasteiger partial charge is 0.496 e. The average Bonchev–Trinajstić information content (AvgIpc) is 2.27. The molecule has 1 amide bonds.